The highest BCUT2D eigenvalue weighted by atomic mass is 35.5. The summed E-state index contributed by atoms with van der Waals surface area (Å²) in [6.45, 7) is 4.64. The maximum absolute atomic E-state index is 5.52. The van der Waals surface area contributed by atoms with Crippen LogP contribution in [0.1, 0.15) is 13.3 Å². The lowest BCUT2D eigenvalue weighted by atomic mass is 10.6. The van der Waals surface area contributed by atoms with Crippen LogP contribution in [-0.2, 0) is 0 Å². The zero-order chi connectivity index (χ0) is 6.41. The minimum Gasteiger partial charge on any atom is -0.127 e. The zero-order valence-corrected chi connectivity index (χ0v) is 7.46. The van der Waals surface area contributed by atoms with Crippen LogP contribution >= 0.6 is 11.6 Å². The molecule has 0 N–H and O–H groups in total. The highest BCUT2D eigenvalue weighted by Gasteiger charge is 1.97. The number of halogens is 1. The molecule has 8 heavy (non-hydrogen) atoms. The van der Waals surface area contributed by atoms with E-state index in [2.05, 4.69) is 13.5 Å². The minimum atomic E-state index is 0.0240. The Balaban J connectivity index is 2.86. The van der Waals surface area contributed by atoms with Crippen molar-refractivity contribution in [3.63, 3.8) is 0 Å². The molecule has 0 spiro atoms. The second-order valence-electron chi connectivity index (χ2n) is 2.10. The summed E-state index contributed by atoms with van der Waals surface area (Å²) in [6, 6.07) is 2.78. The monoisotopic (exact) mass is 149 g/mol. The van der Waals surface area contributed by atoms with Crippen LogP contribution in [0.4, 0.5) is 0 Å². The lowest BCUT2D eigenvalue weighted by molar-refractivity contribution is 1.06. The van der Waals surface area contributed by atoms with Crippen molar-refractivity contribution in [3.8, 4) is 0 Å². The molecule has 0 rings (SSSR count). The van der Waals surface area contributed by atoms with Gasteiger partial charge in [0.2, 0.25) is 0 Å². The quantitative estimate of drug-likeness (QED) is 0.426. The van der Waals surface area contributed by atoms with E-state index in [-0.39, 0.29) is 8.80 Å². The van der Waals surface area contributed by atoms with Crippen molar-refractivity contribution < 1.29 is 0 Å². The fourth-order valence-electron chi connectivity index (χ4n) is 0.545. The van der Waals surface area contributed by atoms with Crippen LogP contribution in [-0.4, -0.2) is 14.7 Å². The summed E-state index contributed by atoms with van der Waals surface area (Å²) >= 11 is 5.52. The molecule has 0 heterocycles. The highest BCUT2D eigenvalue weighted by Crippen LogP contribution is 2.02. The van der Waals surface area contributed by atoms with Gasteiger partial charge in [0.25, 0.3) is 0 Å². The van der Waals surface area contributed by atoms with Gasteiger partial charge in [0.05, 0.1) is 0 Å². The van der Waals surface area contributed by atoms with E-state index < -0.39 is 0 Å². The molecule has 1 radical (unpaired) electrons. The maximum atomic E-state index is 5.52. The zero-order valence-electron chi connectivity index (χ0n) is 5.71. The van der Waals surface area contributed by atoms with Gasteiger partial charge in [-0.1, -0.05) is 25.6 Å². The fourth-order valence-corrected chi connectivity index (χ4v) is 2.04. The van der Waals surface area contributed by atoms with Gasteiger partial charge in [0.15, 0.2) is 0 Å². The smallest absolute Gasteiger partial charge is 0.0443 e. The van der Waals surface area contributed by atoms with Crippen LogP contribution in [0.5, 0.6) is 0 Å². The minimum absolute atomic E-state index is 0.0240. The van der Waals surface area contributed by atoms with Gasteiger partial charge in [-0.25, -0.2) is 0 Å². The van der Waals surface area contributed by atoms with E-state index in [0.717, 1.165) is 5.88 Å². The molecule has 0 nitrogen and oxygen atoms in total. The van der Waals surface area contributed by atoms with E-state index in [1.54, 1.807) is 0 Å². The number of alkyl halides is 1. The molecule has 0 fully saturated rings. The molecule has 2 heteroatoms. The Hall–Kier alpha value is 0.507. The third-order valence-corrected chi connectivity index (χ3v) is 4.02. The van der Waals surface area contributed by atoms with Crippen LogP contribution in [0.2, 0.25) is 18.6 Å². The average Bonchev–Trinajstić information content (AvgIpc) is 1.83. The summed E-state index contributed by atoms with van der Waals surface area (Å²) in [6.07, 6.45) is 1.22. The SMILES string of the molecule is CC[Si](C)CCCCl. The largest absolute Gasteiger partial charge is 0.127 e. The first-order valence-corrected chi connectivity index (χ1v) is 6.13. The van der Waals surface area contributed by atoms with Crippen LogP contribution in [0, 0.1) is 0 Å². The van der Waals surface area contributed by atoms with E-state index in [1.807, 2.05) is 0 Å². The molecule has 0 saturated heterocycles. The molecule has 0 aliphatic carbocycles. The molecule has 0 amide bonds. The highest BCUT2D eigenvalue weighted by molar-refractivity contribution is 6.57. The molecular formula is C6H14ClSi. The Kier molecular flexibility index (Phi) is 6.00. The molecular weight excluding hydrogens is 136 g/mol. The Morgan fingerprint density at radius 3 is 2.50 bits per heavy atom. The maximum Gasteiger partial charge on any atom is 0.0443 e. The molecule has 0 aromatic heterocycles. The molecule has 0 unspecified atom stereocenters. The predicted molar refractivity (Wildman–Crippen MR) is 42.2 cm³/mol. The number of rotatable bonds is 4. The Morgan fingerprint density at radius 2 is 2.12 bits per heavy atom. The third-order valence-electron chi connectivity index (χ3n) is 1.34. The molecule has 0 saturated carbocycles. The van der Waals surface area contributed by atoms with Crippen LogP contribution in [0.25, 0.3) is 0 Å². The van der Waals surface area contributed by atoms with Crippen molar-refractivity contribution in [2.75, 3.05) is 5.88 Å². The Bertz CT molecular complexity index is 47.8. The van der Waals surface area contributed by atoms with Gasteiger partial charge >= 0.3 is 0 Å². The van der Waals surface area contributed by atoms with Crippen molar-refractivity contribution in [3.05, 3.63) is 0 Å². The average molecular weight is 150 g/mol. The summed E-state index contributed by atoms with van der Waals surface area (Å²) in [5.74, 6) is 0.849. The molecule has 0 bridgehead atoms. The van der Waals surface area contributed by atoms with Gasteiger partial charge in [0.1, 0.15) is 0 Å². The third kappa shape index (κ3) is 4.66. The first-order chi connectivity index (χ1) is 3.81. The standard InChI is InChI=1S/C6H14ClSi/c1-3-8(2)6-4-5-7/h3-6H2,1-2H3. The molecule has 0 atom stereocenters. The van der Waals surface area contributed by atoms with E-state index in [0.29, 0.717) is 0 Å². The predicted octanol–water partition coefficient (Wildman–Crippen LogP) is 2.76. The molecule has 0 aromatic rings. The summed E-state index contributed by atoms with van der Waals surface area (Å²) in [7, 11) is 0.0240. The van der Waals surface area contributed by atoms with Crippen LogP contribution in [0.15, 0.2) is 0 Å². The van der Waals surface area contributed by atoms with Gasteiger partial charge in [-0.05, 0) is 6.42 Å². The summed E-state index contributed by atoms with van der Waals surface area (Å²) in [5, 5.41) is 0. The Morgan fingerprint density at radius 1 is 1.50 bits per heavy atom. The van der Waals surface area contributed by atoms with Crippen LogP contribution < -0.4 is 0 Å². The van der Waals surface area contributed by atoms with Crippen LogP contribution in [0.3, 0.4) is 0 Å². The first-order valence-electron chi connectivity index (χ1n) is 3.18. The fraction of sp³-hybridized carbons (Fsp3) is 1.00. The normalized spacial score (nSPS) is 10.5. The lowest BCUT2D eigenvalue weighted by Crippen LogP contribution is -2.03. The van der Waals surface area contributed by atoms with E-state index in [9.17, 15) is 0 Å². The molecule has 0 aromatic carbocycles. The Labute approximate surface area is 58.8 Å². The van der Waals surface area contributed by atoms with E-state index in [1.165, 1.54) is 18.5 Å². The van der Waals surface area contributed by atoms with Crippen molar-refractivity contribution in [1.29, 1.82) is 0 Å². The van der Waals surface area contributed by atoms with Gasteiger partial charge < -0.3 is 0 Å². The molecule has 49 valence electrons. The van der Waals surface area contributed by atoms with E-state index in [4.69, 9.17) is 11.6 Å². The van der Waals surface area contributed by atoms with E-state index >= 15 is 0 Å². The summed E-state index contributed by atoms with van der Waals surface area (Å²) in [5.41, 5.74) is 0. The van der Waals surface area contributed by atoms with Gasteiger partial charge in [-0.15, -0.1) is 11.6 Å². The van der Waals surface area contributed by atoms with Gasteiger partial charge in [-0.2, -0.15) is 0 Å². The lowest BCUT2D eigenvalue weighted by Gasteiger charge is -2.01. The summed E-state index contributed by atoms with van der Waals surface area (Å²) < 4.78 is 0. The second kappa shape index (κ2) is 5.64. The van der Waals surface area contributed by atoms with Gasteiger partial charge in [-0.3, -0.25) is 0 Å². The van der Waals surface area contributed by atoms with Crippen molar-refractivity contribution >= 4 is 20.4 Å². The molecule has 0 aliphatic heterocycles. The topological polar surface area (TPSA) is 0 Å². The first kappa shape index (κ1) is 8.51. The van der Waals surface area contributed by atoms with Gasteiger partial charge in [0, 0.05) is 14.7 Å². The number of hydrogen-bond donors (Lipinski definition) is 0. The van der Waals surface area contributed by atoms with Crippen molar-refractivity contribution in [2.24, 2.45) is 0 Å². The van der Waals surface area contributed by atoms with Crippen molar-refractivity contribution in [2.45, 2.75) is 32.0 Å². The second-order valence-corrected chi connectivity index (χ2v) is 5.60. The van der Waals surface area contributed by atoms with Crippen molar-refractivity contribution in [1.82, 2.24) is 0 Å². The number of hydrogen-bond acceptors (Lipinski definition) is 0. The summed E-state index contributed by atoms with van der Waals surface area (Å²) in [4.78, 5) is 0. The molecule has 0 aliphatic rings.